The molecule has 0 atom stereocenters. The maximum atomic E-state index is 10.7. The van der Waals surface area contributed by atoms with E-state index in [1.807, 2.05) is 24.3 Å². The van der Waals surface area contributed by atoms with Gasteiger partial charge in [-0.05, 0) is 31.4 Å². The molecule has 1 aliphatic heterocycles. The fraction of sp³-hybridized carbons (Fsp3) is 0.562. The largest absolute Gasteiger partial charge is 0.483 e. The molecule has 0 radical (unpaired) electrons. The third kappa shape index (κ3) is 3.06. The van der Waals surface area contributed by atoms with E-state index in [9.17, 15) is 4.79 Å². The molecule has 0 unspecified atom stereocenters. The highest BCUT2D eigenvalue weighted by Crippen LogP contribution is 2.39. The van der Waals surface area contributed by atoms with Crippen LogP contribution in [0.3, 0.4) is 0 Å². The molecule has 20 heavy (non-hydrogen) atoms. The quantitative estimate of drug-likeness (QED) is 0.866. The molecule has 110 valence electrons. The topological polar surface area (TPSA) is 49.8 Å². The Morgan fingerprint density at radius 3 is 2.70 bits per heavy atom. The van der Waals surface area contributed by atoms with Crippen LogP contribution >= 0.6 is 0 Å². The zero-order valence-corrected chi connectivity index (χ0v) is 12.3. The molecule has 0 aliphatic carbocycles. The zero-order chi connectivity index (χ0) is 14.6. The number of fused-ring (bicyclic) bond motifs is 1. The van der Waals surface area contributed by atoms with Gasteiger partial charge in [-0.15, -0.1) is 0 Å². The van der Waals surface area contributed by atoms with Crippen molar-refractivity contribution in [1.29, 1.82) is 0 Å². The number of carbonyl (C=O) groups is 1. The van der Waals surface area contributed by atoms with Crippen molar-refractivity contribution in [2.45, 2.75) is 45.1 Å². The van der Waals surface area contributed by atoms with Gasteiger partial charge in [0.1, 0.15) is 11.4 Å². The van der Waals surface area contributed by atoms with Gasteiger partial charge in [-0.1, -0.05) is 26.0 Å². The first kappa shape index (κ1) is 14.7. The maximum absolute atomic E-state index is 10.7. The third-order valence-electron chi connectivity index (χ3n) is 4.12. The summed E-state index contributed by atoms with van der Waals surface area (Å²) in [6, 6.07) is 8.02. The molecule has 4 heteroatoms. The minimum absolute atomic E-state index is 0.155. The van der Waals surface area contributed by atoms with Crippen LogP contribution in [0.4, 0.5) is 5.69 Å². The van der Waals surface area contributed by atoms with Crippen molar-refractivity contribution in [3.05, 3.63) is 24.3 Å². The molecule has 1 aromatic carbocycles. The van der Waals surface area contributed by atoms with Crippen molar-refractivity contribution in [2.75, 3.05) is 18.0 Å². The molecule has 0 spiro atoms. The van der Waals surface area contributed by atoms with Crippen molar-refractivity contribution in [3.63, 3.8) is 0 Å². The Labute approximate surface area is 120 Å². The van der Waals surface area contributed by atoms with Crippen LogP contribution < -0.4 is 9.64 Å². The fourth-order valence-electron chi connectivity index (χ4n) is 2.74. The lowest BCUT2D eigenvalue weighted by atomic mass is 9.93. The van der Waals surface area contributed by atoms with Crippen molar-refractivity contribution in [2.24, 2.45) is 0 Å². The normalized spacial score (nSPS) is 16.4. The van der Waals surface area contributed by atoms with Crippen molar-refractivity contribution < 1.29 is 14.6 Å². The van der Waals surface area contributed by atoms with E-state index in [2.05, 4.69) is 18.7 Å². The summed E-state index contributed by atoms with van der Waals surface area (Å²) in [5.41, 5.74) is 0.924. The van der Waals surface area contributed by atoms with E-state index in [4.69, 9.17) is 9.84 Å². The Hall–Kier alpha value is -1.71. The van der Waals surface area contributed by atoms with E-state index < -0.39 is 5.97 Å². The van der Waals surface area contributed by atoms with E-state index in [1.54, 1.807) is 0 Å². The number of anilines is 1. The molecule has 1 N–H and O–H groups in total. The Kier molecular flexibility index (Phi) is 4.53. The summed E-state index contributed by atoms with van der Waals surface area (Å²) in [7, 11) is 0. The first-order valence-electron chi connectivity index (χ1n) is 7.35. The number of hydrogen-bond acceptors (Lipinski definition) is 3. The van der Waals surface area contributed by atoms with Crippen molar-refractivity contribution in [1.82, 2.24) is 0 Å². The molecule has 1 heterocycles. The molecule has 4 nitrogen and oxygen atoms in total. The van der Waals surface area contributed by atoms with Gasteiger partial charge in [0.05, 0.1) is 12.2 Å². The standard InChI is InChI=1S/C16H23NO3/c1-3-16(4-2)12-17(11-7-10-15(18)19)13-8-5-6-9-14(13)20-16/h5-6,8-9H,3-4,7,10-12H2,1-2H3,(H,18,19). The molecule has 0 bridgehead atoms. The number of para-hydroxylation sites is 2. The Bertz CT molecular complexity index is 469. The third-order valence-corrected chi connectivity index (χ3v) is 4.12. The molecule has 0 saturated heterocycles. The van der Waals surface area contributed by atoms with Crippen LogP contribution in [0.25, 0.3) is 0 Å². The van der Waals surface area contributed by atoms with Crippen LogP contribution in [0.5, 0.6) is 5.75 Å². The van der Waals surface area contributed by atoms with Crippen molar-refractivity contribution in [3.8, 4) is 5.75 Å². The molecule has 0 amide bonds. The van der Waals surface area contributed by atoms with E-state index in [0.29, 0.717) is 6.42 Å². The Morgan fingerprint density at radius 1 is 1.35 bits per heavy atom. The number of hydrogen-bond donors (Lipinski definition) is 1. The lowest BCUT2D eigenvalue weighted by Crippen LogP contribution is -2.50. The smallest absolute Gasteiger partial charge is 0.303 e. The van der Waals surface area contributed by atoms with Gasteiger partial charge in [-0.3, -0.25) is 4.79 Å². The summed E-state index contributed by atoms with van der Waals surface area (Å²) in [5.74, 6) is 0.182. The summed E-state index contributed by atoms with van der Waals surface area (Å²) >= 11 is 0. The number of benzene rings is 1. The molecule has 0 saturated carbocycles. The summed E-state index contributed by atoms with van der Waals surface area (Å²) in [4.78, 5) is 13.0. The maximum Gasteiger partial charge on any atom is 0.303 e. The number of aliphatic carboxylic acids is 1. The predicted molar refractivity (Wildman–Crippen MR) is 79.5 cm³/mol. The highest BCUT2D eigenvalue weighted by atomic mass is 16.5. The van der Waals surface area contributed by atoms with Crippen LogP contribution in [0.15, 0.2) is 24.3 Å². The van der Waals surface area contributed by atoms with Gasteiger partial charge in [-0.2, -0.15) is 0 Å². The number of carboxylic acids is 1. The van der Waals surface area contributed by atoms with E-state index in [1.165, 1.54) is 0 Å². The van der Waals surface area contributed by atoms with E-state index >= 15 is 0 Å². The van der Waals surface area contributed by atoms with Crippen LogP contribution in [0, 0.1) is 0 Å². The first-order valence-corrected chi connectivity index (χ1v) is 7.35. The van der Waals surface area contributed by atoms with Gasteiger partial charge in [0, 0.05) is 13.0 Å². The van der Waals surface area contributed by atoms with Gasteiger partial charge < -0.3 is 14.7 Å². The predicted octanol–water partition coefficient (Wildman–Crippen LogP) is 3.31. The van der Waals surface area contributed by atoms with Crippen LogP contribution in [-0.4, -0.2) is 29.8 Å². The zero-order valence-electron chi connectivity index (χ0n) is 12.3. The Morgan fingerprint density at radius 2 is 2.05 bits per heavy atom. The second-order valence-electron chi connectivity index (χ2n) is 5.38. The summed E-state index contributed by atoms with van der Waals surface area (Å²) < 4.78 is 6.22. The number of nitrogens with zero attached hydrogens (tertiary/aromatic N) is 1. The average Bonchev–Trinajstić information content (AvgIpc) is 2.46. The number of carboxylic acid groups (broad SMARTS) is 1. The summed E-state index contributed by atoms with van der Waals surface area (Å²) in [6.07, 6.45) is 2.78. The minimum atomic E-state index is -0.733. The van der Waals surface area contributed by atoms with Crippen molar-refractivity contribution >= 4 is 11.7 Å². The Balaban J connectivity index is 2.18. The number of ether oxygens (including phenoxy) is 1. The molecular weight excluding hydrogens is 254 g/mol. The van der Waals surface area contributed by atoms with Gasteiger partial charge >= 0.3 is 5.97 Å². The molecule has 1 aliphatic rings. The molecule has 0 aromatic heterocycles. The minimum Gasteiger partial charge on any atom is -0.483 e. The van der Waals surface area contributed by atoms with E-state index in [0.717, 1.165) is 37.4 Å². The SMILES string of the molecule is CCC1(CC)CN(CCCC(=O)O)c2ccccc2O1. The highest BCUT2D eigenvalue weighted by molar-refractivity contribution is 5.67. The summed E-state index contributed by atoms with van der Waals surface area (Å²) in [6.45, 7) is 5.88. The highest BCUT2D eigenvalue weighted by Gasteiger charge is 2.36. The lowest BCUT2D eigenvalue weighted by Gasteiger charge is -2.44. The second-order valence-corrected chi connectivity index (χ2v) is 5.38. The van der Waals surface area contributed by atoms with Crippen LogP contribution in [0.2, 0.25) is 0 Å². The first-order chi connectivity index (χ1) is 9.60. The monoisotopic (exact) mass is 277 g/mol. The fourth-order valence-corrected chi connectivity index (χ4v) is 2.74. The second kappa shape index (κ2) is 6.16. The van der Waals surface area contributed by atoms with Gasteiger partial charge in [-0.25, -0.2) is 0 Å². The van der Waals surface area contributed by atoms with Gasteiger partial charge in [0.25, 0.3) is 0 Å². The van der Waals surface area contributed by atoms with Gasteiger partial charge in [0.15, 0.2) is 0 Å². The van der Waals surface area contributed by atoms with Gasteiger partial charge in [0.2, 0.25) is 0 Å². The number of rotatable bonds is 6. The lowest BCUT2D eigenvalue weighted by molar-refractivity contribution is -0.137. The molecule has 1 aromatic rings. The summed E-state index contributed by atoms with van der Waals surface area (Å²) in [5, 5.41) is 8.79. The van der Waals surface area contributed by atoms with Crippen LogP contribution in [-0.2, 0) is 4.79 Å². The molecular formula is C16H23NO3. The molecule has 2 rings (SSSR count). The average molecular weight is 277 g/mol. The van der Waals surface area contributed by atoms with E-state index in [-0.39, 0.29) is 12.0 Å². The molecule has 0 fully saturated rings. The van der Waals surface area contributed by atoms with Crippen LogP contribution in [0.1, 0.15) is 39.5 Å².